The summed E-state index contributed by atoms with van der Waals surface area (Å²) in [5.41, 5.74) is 1.27. The molecule has 0 spiro atoms. The van der Waals surface area contributed by atoms with Crippen LogP contribution in [0.3, 0.4) is 0 Å². The van der Waals surface area contributed by atoms with Crippen LogP contribution in [0.15, 0.2) is 12.3 Å². The third-order valence-corrected chi connectivity index (χ3v) is 4.24. The van der Waals surface area contributed by atoms with E-state index >= 15 is 0 Å². The van der Waals surface area contributed by atoms with Gasteiger partial charge in [-0.2, -0.15) is 5.10 Å². The van der Waals surface area contributed by atoms with Crippen molar-refractivity contribution in [3.8, 4) is 0 Å². The van der Waals surface area contributed by atoms with E-state index in [-0.39, 0.29) is 0 Å². The number of likely N-dealkylation sites (tertiary alicyclic amines) is 1. The molecule has 0 aromatic carbocycles. The lowest BCUT2D eigenvalue weighted by Crippen LogP contribution is -2.33. The first-order chi connectivity index (χ1) is 10.4. The molecule has 114 valence electrons. The van der Waals surface area contributed by atoms with E-state index in [1.807, 2.05) is 10.9 Å². The third kappa shape index (κ3) is 3.47. The van der Waals surface area contributed by atoms with Crippen molar-refractivity contribution in [3.05, 3.63) is 23.8 Å². The molecule has 0 amide bonds. The third-order valence-electron chi connectivity index (χ3n) is 4.24. The molecule has 0 atom stereocenters. The van der Waals surface area contributed by atoms with Gasteiger partial charge in [0.2, 0.25) is 0 Å². The zero-order valence-corrected chi connectivity index (χ0v) is 12.6. The molecule has 0 bridgehead atoms. The van der Waals surface area contributed by atoms with Gasteiger partial charge in [-0.3, -0.25) is 10.00 Å². The Balaban J connectivity index is 1.52. The van der Waals surface area contributed by atoms with E-state index < -0.39 is 0 Å². The Hall–Kier alpha value is -1.76. The molecular formula is C14H23N7. The van der Waals surface area contributed by atoms with Crippen molar-refractivity contribution in [2.75, 3.05) is 13.1 Å². The van der Waals surface area contributed by atoms with Crippen molar-refractivity contribution in [2.24, 2.45) is 0 Å². The number of tetrazole rings is 1. The maximum atomic E-state index is 4.18. The van der Waals surface area contributed by atoms with Crippen LogP contribution in [0.2, 0.25) is 0 Å². The summed E-state index contributed by atoms with van der Waals surface area (Å²) in [6.45, 7) is 6.13. The molecule has 1 aliphatic heterocycles. The minimum absolute atomic E-state index is 0.611. The lowest BCUT2D eigenvalue weighted by atomic mass is 9.94. The van der Waals surface area contributed by atoms with Crippen LogP contribution in [0, 0.1) is 0 Å². The van der Waals surface area contributed by atoms with Gasteiger partial charge in [0.1, 0.15) is 0 Å². The normalized spacial score (nSPS) is 17.4. The fraction of sp³-hybridized carbons (Fsp3) is 0.714. The van der Waals surface area contributed by atoms with Crippen LogP contribution >= 0.6 is 0 Å². The minimum Gasteiger partial charge on any atom is -0.296 e. The summed E-state index contributed by atoms with van der Waals surface area (Å²) in [7, 11) is 0. The summed E-state index contributed by atoms with van der Waals surface area (Å²) < 4.78 is 1.95. The number of hydrogen-bond acceptors (Lipinski definition) is 5. The number of aryl methyl sites for hydroxylation is 1. The van der Waals surface area contributed by atoms with Gasteiger partial charge in [-0.1, -0.05) is 13.3 Å². The number of nitrogens with one attached hydrogen (secondary N) is 1. The number of aromatic nitrogens is 6. The molecular weight excluding hydrogens is 266 g/mol. The summed E-state index contributed by atoms with van der Waals surface area (Å²) >= 11 is 0. The average Bonchev–Trinajstić information content (AvgIpc) is 3.18. The van der Waals surface area contributed by atoms with Gasteiger partial charge >= 0.3 is 0 Å². The van der Waals surface area contributed by atoms with Gasteiger partial charge in [0, 0.05) is 24.4 Å². The molecule has 2 aromatic heterocycles. The number of nitrogens with zero attached hydrogens (tertiary/aromatic N) is 6. The molecule has 3 heterocycles. The van der Waals surface area contributed by atoms with Gasteiger partial charge in [0.15, 0.2) is 5.82 Å². The van der Waals surface area contributed by atoms with E-state index in [4.69, 9.17) is 0 Å². The summed E-state index contributed by atoms with van der Waals surface area (Å²) in [6, 6.07) is 2.09. The Morgan fingerprint density at radius 1 is 1.33 bits per heavy atom. The lowest BCUT2D eigenvalue weighted by molar-refractivity contribution is 0.195. The SMILES string of the molecule is CCCCn1nnnc1CN1CCC(c2ccn[nH]2)CC1. The molecule has 1 N–H and O–H groups in total. The monoisotopic (exact) mass is 289 g/mol. The Morgan fingerprint density at radius 3 is 2.90 bits per heavy atom. The maximum absolute atomic E-state index is 4.18. The molecule has 1 aliphatic rings. The highest BCUT2D eigenvalue weighted by Gasteiger charge is 2.22. The largest absolute Gasteiger partial charge is 0.296 e. The van der Waals surface area contributed by atoms with Crippen LogP contribution < -0.4 is 0 Å². The molecule has 7 heteroatoms. The zero-order chi connectivity index (χ0) is 14.5. The summed E-state index contributed by atoms with van der Waals surface area (Å²) in [6.07, 6.45) is 6.45. The first kappa shape index (κ1) is 14.2. The van der Waals surface area contributed by atoms with Crippen LogP contribution in [0.4, 0.5) is 0 Å². The lowest BCUT2D eigenvalue weighted by Gasteiger charge is -2.30. The van der Waals surface area contributed by atoms with E-state index in [1.54, 1.807) is 0 Å². The second-order valence-corrected chi connectivity index (χ2v) is 5.73. The molecule has 1 saturated heterocycles. The van der Waals surface area contributed by atoms with Gasteiger partial charge in [-0.15, -0.1) is 5.10 Å². The highest BCUT2D eigenvalue weighted by Crippen LogP contribution is 2.26. The second-order valence-electron chi connectivity index (χ2n) is 5.73. The second kappa shape index (κ2) is 6.80. The predicted molar refractivity (Wildman–Crippen MR) is 78.6 cm³/mol. The average molecular weight is 289 g/mol. The molecule has 3 rings (SSSR count). The standard InChI is InChI=1S/C14H23N7/c1-2-3-8-21-14(17-18-19-21)11-20-9-5-12(6-10-20)13-4-7-15-16-13/h4,7,12H,2-3,5-6,8-11H2,1H3,(H,15,16). The molecule has 0 saturated carbocycles. The number of aromatic amines is 1. The Morgan fingerprint density at radius 2 is 2.19 bits per heavy atom. The van der Waals surface area contributed by atoms with Gasteiger partial charge in [0.05, 0.1) is 6.54 Å². The summed E-state index contributed by atoms with van der Waals surface area (Å²) in [5, 5.41) is 19.2. The fourth-order valence-electron chi connectivity index (χ4n) is 2.91. The summed E-state index contributed by atoms with van der Waals surface area (Å²) in [4.78, 5) is 2.45. The van der Waals surface area contributed by atoms with E-state index in [1.165, 1.54) is 18.5 Å². The number of H-pyrrole nitrogens is 1. The number of unbranched alkanes of at least 4 members (excludes halogenated alkanes) is 1. The van der Waals surface area contributed by atoms with Crippen LogP contribution in [0.1, 0.15) is 50.0 Å². The maximum Gasteiger partial charge on any atom is 0.165 e. The Kier molecular flexibility index (Phi) is 4.59. The number of piperidine rings is 1. The number of hydrogen-bond donors (Lipinski definition) is 1. The van der Waals surface area contributed by atoms with Crippen LogP contribution in [0.25, 0.3) is 0 Å². The minimum atomic E-state index is 0.611. The van der Waals surface area contributed by atoms with E-state index in [2.05, 4.69) is 43.6 Å². The van der Waals surface area contributed by atoms with Crippen molar-refractivity contribution in [2.45, 2.75) is 51.6 Å². The molecule has 21 heavy (non-hydrogen) atoms. The molecule has 0 unspecified atom stereocenters. The van der Waals surface area contributed by atoms with Crippen LogP contribution in [-0.4, -0.2) is 48.4 Å². The number of rotatable bonds is 6. The highest BCUT2D eigenvalue weighted by molar-refractivity contribution is 5.06. The van der Waals surface area contributed by atoms with Gasteiger partial charge in [-0.25, -0.2) is 4.68 Å². The van der Waals surface area contributed by atoms with E-state index in [9.17, 15) is 0 Å². The molecule has 0 aliphatic carbocycles. The fourth-order valence-corrected chi connectivity index (χ4v) is 2.91. The van der Waals surface area contributed by atoms with Gasteiger partial charge < -0.3 is 0 Å². The first-order valence-electron chi connectivity index (χ1n) is 7.83. The Labute approximate surface area is 124 Å². The van der Waals surface area contributed by atoms with Crippen molar-refractivity contribution >= 4 is 0 Å². The van der Waals surface area contributed by atoms with E-state index in [0.29, 0.717) is 5.92 Å². The van der Waals surface area contributed by atoms with Gasteiger partial charge in [-0.05, 0) is 48.8 Å². The van der Waals surface area contributed by atoms with Crippen molar-refractivity contribution in [3.63, 3.8) is 0 Å². The van der Waals surface area contributed by atoms with Crippen molar-refractivity contribution < 1.29 is 0 Å². The first-order valence-corrected chi connectivity index (χ1v) is 7.83. The quantitative estimate of drug-likeness (QED) is 0.873. The predicted octanol–water partition coefficient (Wildman–Crippen LogP) is 1.58. The topological polar surface area (TPSA) is 75.5 Å². The molecule has 2 aromatic rings. The molecule has 1 fully saturated rings. The van der Waals surface area contributed by atoms with Crippen LogP contribution in [-0.2, 0) is 13.1 Å². The molecule has 0 radical (unpaired) electrons. The summed E-state index contributed by atoms with van der Waals surface area (Å²) in [5.74, 6) is 1.60. The smallest absolute Gasteiger partial charge is 0.165 e. The zero-order valence-electron chi connectivity index (χ0n) is 12.6. The van der Waals surface area contributed by atoms with Crippen molar-refractivity contribution in [1.29, 1.82) is 0 Å². The van der Waals surface area contributed by atoms with E-state index in [0.717, 1.165) is 44.8 Å². The molecule has 7 nitrogen and oxygen atoms in total. The highest BCUT2D eigenvalue weighted by atomic mass is 15.5. The van der Waals surface area contributed by atoms with Gasteiger partial charge in [0.25, 0.3) is 0 Å². The van der Waals surface area contributed by atoms with Crippen LogP contribution in [0.5, 0.6) is 0 Å². The Bertz CT molecular complexity index is 525. The van der Waals surface area contributed by atoms with Crippen molar-refractivity contribution in [1.82, 2.24) is 35.3 Å².